The first kappa shape index (κ1) is 17.0. The summed E-state index contributed by atoms with van der Waals surface area (Å²) in [6.07, 6.45) is 11.1. The molecule has 0 radical (unpaired) electrons. The molecule has 0 amide bonds. The van der Waals surface area contributed by atoms with Gasteiger partial charge in [-0.3, -0.25) is 0 Å². The molecule has 0 aromatic rings. The monoisotopic (exact) mass is 269 g/mol. The lowest BCUT2D eigenvalue weighted by atomic mass is 9.89. The van der Waals surface area contributed by atoms with Crippen LogP contribution in [-0.4, -0.2) is 24.8 Å². The fourth-order valence-corrected chi connectivity index (χ4v) is 2.82. The number of rotatable bonds is 8. The lowest BCUT2D eigenvalue weighted by molar-refractivity contribution is 0.0137. The van der Waals surface area contributed by atoms with Crippen molar-refractivity contribution < 1.29 is 4.74 Å². The standard InChI is InChI=1S/C17H35NO/c1-15-10-9-11-16(14-15)19-13-8-6-5-7-12-18-17(2,3)4/h15-16,18H,5-14H2,1-4H3. The van der Waals surface area contributed by atoms with Crippen molar-refractivity contribution in [3.05, 3.63) is 0 Å². The zero-order valence-electron chi connectivity index (χ0n) is 13.6. The summed E-state index contributed by atoms with van der Waals surface area (Å²) in [5.74, 6) is 0.877. The molecule has 1 N–H and O–H groups in total. The van der Waals surface area contributed by atoms with Crippen LogP contribution in [0.2, 0.25) is 0 Å². The SMILES string of the molecule is CC1CCCC(OCCCCCCNC(C)(C)C)C1. The second kappa shape index (κ2) is 8.97. The molecule has 0 spiro atoms. The Morgan fingerprint density at radius 3 is 2.47 bits per heavy atom. The van der Waals surface area contributed by atoms with Crippen LogP contribution in [0.5, 0.6) is 0 Å². The van der Waals surface area contributed by atoms with E-state index in [1.54, 1.807) is 0 Å². The van der Waals surface area contributed by atoms with Crippen molar-refractivity contribution in [2.75, 3.05) is 13.2 Å². The Bertz CT molecular complexity index is 222. The van der Waals surface area contributed by atoms with E-state index in [1.807, 2.05) is 0 Å². The number of ether oxygens (including phenoxy) is 1. The minimum absolute atomic E-state index is 0.265. The van der Waals surface area contributed by atoms with Gasteiger partial charge < -0.3 is 10.1 Å². The largest absolute Gasteiger partial charge is 0.378 e. The summed E-state index contributed by atoms with van der Waals surface area (Å²) in [5.41, 5.74) is 0.265. The molecule has 0 aliphatic heterocycles. The van der Waals surface area contributed by atoms with Gasteiger partial charge in [0.25, 0.3) is 0 Å². The molecule has 2 unspecified atom stereocenters. The van der Waals surface area contributed by atoms with Crippen molar-refractivity contribution >= 4 is 0 Å². The summed E-state index contributed by atoms with van der Waals surface area (Å²) in [6, 6.07) is 0. The van der Waals surface area contributed by atoms with Crippen molar-refractivity contribution in [1.29, 1.82) is 0 Å². The molecule has 1 aliphatic rings. The molecule has 0 bridgehead atoms. The van der Waals surface area contributed by atoms with Crippen LogP contribution < -0.4 is 5.32 Å². The van der Waals surface area contributed by atoms with Gasteiger partial charge in [-0.15, -0.1) is 0 Å². The van der Waals surface area contributed by atoms with Crippen molar-refractivity contribution in [3.8, 4) is 0 Å². The van der Waals surface area contributed by atoms with E-state index in [1.165, 1.54) is 51.4 Å². The average Bonchev–Trinajstić information content (AvgIpc) is 2.31. The van der Waals surface area contributed by atoms with Crippen LogP contribution in [0.1, 0.15) is 79.1 Å². The van der Waals surface area contributed by atoms with E-state index in [9.17, 15) is 0 Å². The highest BCUT2D eigenvalue weighted by molar-refractivity contribution is 4.71. The molecular weight excluding hydrogens is 234 g/mol. The molecule has 0 heterocycles. The van der Waals surface area contributed by atoms with E-state index in [2.05, 4.69) is 33.0 Å². The van der Waals surface area contributed by atoms with E-state index in [0.717, 1.165) is 19.1 Å². The van der Waals surface area contributed by atoms with Gasteiger partial charge in [0.15, 0.2) is 0 Å². The van der Waals surface area contributed by atoms with E-state index >= 15 is 0 Å². The molecule has 2 atom stereocenters. The van der Waals surface area contributed by atoms with Crippen molar-refractivity contribution in [2.45, 2.75) is 90.7 Å². The maximum atomic E-state index is 6.00. The molecule has 1 saturated carbocycles. The Labute approximate surface area is 120 Å². The maximum absolute atomic E-state index is 6.00. The maximum Gasteiger partial charge on any atom is 0.0577 e. The van der Waals surface area contributed by atoms with Gasteiger partial charge >= 0.3 is 0 Å². The highest BCUT2D eigenvalue weighted by atomic mass is 16.5. The van der Waals surface area contributed by atoms with E-state index in [0.29, 0.717) is 6.10 Å². The Hall–Kier alpha value is -0.0800. The van der Waals surface area contributed by atoms with Crippen LogP contribution in [0, 0.1) is 5.92 Å². The molecular formula is C17H35NO. The second-order valence-corrected chi connectivity index (χ2v) is 7.36. The Balaban J connectivity index is 1.86. The average molecular weight is 269 g/mol. The van der Waals surface area contributed by atoms with E-state index < -0.39 is 0 Å². The van der Waals surface area contributed by atoms with Crippen LogP contribution >= 0.6 is 0 Å². The minimum atomic E-state index is 0.265. The number of unbranched alkanes of at least 4 members (excludes halogenated alkanes) is 3. The number of hydrogen-bond acceptors (Lipinski definition) is 2. The molecule has 1 fully saturated rings. The lowest BCUT2D eigenvalue weighted by Gasteiger charge is -2.26. The zero-order chi connectivity index (χ0) is 14.1. The highest BCUT2D eigenvalue weighted by Crippen LogP contribution is 2.25. The Morgan fingerprint density at radius 2 is 1.79 bits per heavy atom. The quantitative estimate of drug-likeness (QED) is 0.654. The van der Waals surface area contributed by atoms with E-state index in [4.69, 9.17) is 4.74 Å². The smallest absolute Gasteiger partial charge is 0.0577 e. The van der Waals surface area contributed by atoms with Crippen molar-refractivity contribution in [1.82, 2.24) is 5.32 Å². The van der Waals surface area contributed by atoms with Crippen LogP contribution in [0.25, 0.3) is 0 Å². The normalized spacial score (nSPS) is 24.6. The number of hydrogen-bond donors (Lipinski definition) is 1. The van der Waals surface area contributed by atoms with Crippen LogP contribution in [0.4, 0.5) is 0 Å². The predicted octanol–water partition coefficient (Wildman–Crippen LogP) is 4.53. The summed E-state index contributed by atoms with van der Waals surface area (Å²) in [7, 11) is 0. The third-order valence-electron chi connectivity index (χ3n) is 3.97. The fraction of sp³-hybridized carbons (Fsp3) is 1.00. The third-order valence-corrected chi connectivity index (χ3v) is 3.97. The van der Waals surface area contributed by atoms with Gasteiger partial charge in [0.05, 0.1) is 6.10 Å². The molecule has 0 aromatic carbocycles. The van der Waals surface area contributed by atoms with Gasteiger partial charge in [0.1, 0.15) is 0 Å². The summed E-state index contributed by atoms with van der Waals surface area (Å²) in [5, 5.41) is 3.54. The molecule has 114 valence electrons. The van der Waals surface area contributed by atoms with Crippen LogP contribution in [0.3, 0.4) is 0 Å². The van der Waals surface area contributed by atoms with Gasteiger partial charge in [-0.05, 0) is 58.9 Å². The summed E-state index contributed by atoms with van der Waals surface area (Å²) >= 11 is 0. The van der Waals surface area contributed by atoms with Gasteiger partial charge in [0.2, 0.25) is 0 Å². The minimum Gasteiger partial charge on any atom is -0.378 e. The lowest BCUT2D eigenvalue weighted by Crippen LogP contribution is -2.36. The van der Waals surface area contributed by atoms with Gasteiger partial charge in [-0.25, -0.2) is 0 Å². The molecule has 0 saturated heterocycles. The molecule has 1 rings (SSSR count). The first-order valence-corrected chi connectivity index (χ1v) is 8.34. The zero-order valence-corrected chi connectivity index (χ0v) is 13.6. The van der Waals surface area contributed by atoms with Crippen LogP contribution in [0.15, 0.2) is 0 Å². The Morgan fingerprint density at radius 1 is 1.05 bits per heavy atom. The molecule has 0 aromatic heterocycles. The molecule has 1 aliphatic carbocycles. The third kappa shape index (κ3) is 9.45. The van der Waals surface area contributed by atoms with E-state index in [-0.39, 0.29) is 5.54 Å². The highest BCUT2D eigenvalue weighted by Gasteiger charge is 2.18. The van der Waals surface area contributed by atoms with Crippen molar-refractivity contribution in [3.63, 3.8) is 0 Å². The fourth-order valence-electron chi connectivity index (χ4n) is 2.82. The first-order chi connectivity index (χ1) is 8.97. The summed E-state index contributed by atoms with van der Waals surface area (Å²) in [4.78, 5) is 0. The van der Waals surface area contributed by atoms with Gasteiger partial charge in [-0.1, -0.05) is 32.6 Å². The Kier molecular flexibility index (Phi) is 8.01. The molecule has 2 nitrogen and oxygen atoms in total. The second-order valence-electron chi connectivity index (χ2n) is 7.36. The van der Waals surface area contributed by atoms with Crippen LogP contribution in [-0.2, 0) is 4.74 Å². The summed E-state index contributed by atoms with van der Waals surface area (Å²) < 4.78 is 6.00. The molecule has 19 heavy (non-hydrogen) atoms. The molecule has 2 heteroatoms. The first-order valence-electron chi connectivity index (χ1n) is 8.34. The van der Waals surface area contributed by atoms with Crippen molar-refractivity contribution in [2.24, 2.45) is 5.92 Å². The number of nitrogens with one attached hydrogen (secondary N) is 1. The van der Waals surface area contributed by atoms with Gasteiger partial charge in [-0.2, -0.15) is 0 Å². The predicted molar refractivity (Wildman–Crippen MR) is 83.6 cm³/mol. The summed E-state index contributed by atoms with van der Waals surface area (Å²) in [6.45, 7) is 11.2. The van der Waals surface area contributed by atoms with Gasteiger partial charge in [0, 0.05) is 12.1 Å². The topological polar surface area (TPSA) is 21.3 Å².